The highest BCUT2D eigenvalue weighted by Gasteiger charge is 2.29. The van der Waals surface area contributed by atoms with E-state index in [1.165, 1.54) is 12.8 Å². The molecule has 144 valence electrons. The zero-order valence-electron chi connectivity index (χ0n) is 16.3. The van der Waals surface area contributed by atoms with Gasteiger partial charge in [-0.15, -0.1) is 10.2 Å². The van der Waals surface area contributed by atoms with Crippen molar-refractivity contribution in [2.24, 2.45) is 7.05 Å². The Labute approximate surface area is 160 Å². The van der Waals surface area contributed by atoms with E-state index in [0.717, 1.165) is 56.4 Å². The van der Waals surface area contributed by atoms with E-state index in [-0.39, 0.29) is 11.8 Å². The van der Waals surface area contributed by atoms with Crippen LogP contribution in [0.15, 0.2) is 18.3 Å². The van der Waals surface area contributed by atoms with Crippen LogP contribution in [0.1, 0.15) is 59.3 Å². The number of rotatable bonds is 4. The number of aromatic nitrogens is 4. The number of aryl methyl sites for hydroxylation is 1. The van der Waals surface area contributed by atoms with E-state index < -0.39 is 0 Å². The molecule has 0 unspecified atom stereocenters. The molecule has 7 nitrogen and oxygen atoms in total. The van der Waals surface area contributed by atoms with Crippen LogP contribution in [-0.4, -0.2) is 61.6 Å². The van der Waals surface area contributed by atoms with Crippen LogP contribution >= 0.6 is 0 Å². The molecule has 4 rings (SSSR count). The third kappa shape index (κ3) is 3.88. The highest BCUT2D eigenvalue weighted by atomic mass is 16.2. The Balaban J connectivity index is 1.45. The molecule has 1 atom stereocenters. The molecule has 0 radical (unpaired) electrons. The van der Waals surface area contributed by atoms with Gasteiger partial charge in [-0.25, -0.2) is 0 Å². The van der Waals surface area contributed by atoms with E-state index >= 15 is 0 Å². The van der Waals surface area contributed by atoms with E-state index in [1.807, 2.05) is 24.0 Å². The topological polar surface area (TPSA) is 67.2 Å². The lowest BCUT2D eigenvalue weighted by molar-refractivity contribution is 0.0703. The average molecular weight is 368 g/mol. The zero-order valence-corrected chi connectivity index (χ0v) is 16.3. The molecular weight excluding hydrogens is 340 g/mol. The number of hydrogen-bond donors (Lipinski definition) is 0. The first kappa shape index (κ1) is 18.1. The first-order valence-corrected chi connectivity index (χ1v) is 9.94. The molecule has 2 aliphatic heterocycles. The van der Waals surface area contributed by atoms with Crippen molar-refractivity contribution in [3.63, 3.8) is 0 Å². The van der Waals surface area contributed by atoms with Gasteiger partial charge in [-0.1, -0.05) is 0 Å². The van der Waals surface area contributed by atoms with Crippen LogP contribution < -0.4 is 0 Å². The van der Waals surface area contributed by atoms with Gasteiger partial charge in [0.05, 0.1) is 12.1 Å². The summed E-state index contributed by atoms with van der Waals surface area (Å²) in [6.07, 6.45) is 6.27. The van der Waals surface area contributed by atoms with Gasteiger partial charge < -0.3 is 9.47 Å². The molecule has 2 aromatic rings. The Morgan fingerprint density at radius 2 is 1.96 bits per heavy atom. The van der Waals surface area contributed by atoms with Crippen LogP contribution in [0.5, 0.6) is 0 Å². The standard InChI is InChI=1S/C20H28N6O/c1-15-7-8-16(12-21-15)20(27)26-11-5-6-17(13-26)19-23-22-18(24(19)2)14-25-9-3-4-10-25/h7-8,12,17H,3-6,9-11,13-14H2,1-2H3/t17-/m1/s1. The SMILES string of the molecule is Cc1ccc(C(=O)N2CCC[C@@H](c3nnc(CN4CCCC4)n3C)C2)cn1. The number of nitrogens with zero attached hydrogens (tertiary/aromatic N) is 6. The van der Waals surface area contributed by atoms with Crippen molar-refractivity contribution in [1.29, 1.82) is 0 Å². The number of carbonyl (C=O) groups is 1. The third-order valence-electron chi connectivity index (χ3n) is 5.79. The van der Waals surface area contributed by atoms with Crippen LogP contribution in [0.4, 0.5) is 0 Å². The number of pyridine rings is 1. The van der Waals surface area contributed by atoms with Crippen LogP contribution in [0.2, 0.25) is 0 Å². The van der Waals surface area contributed by atoms with Crippen molar-refractivity contribution in [1.82, 2.24) is 29.5 Å². The number of likely N-dealkylation sites (tertiary alicyclic amines) is 2. The normalized spacial score (nSPS) is 21.0. The van der Waals surface area contributed by atoms with Gasteiger partial charge in [-0.2, -0.15) is 0 Å². The summed E-state index contributed by atoms with van der Waals surface area (Å²) >= 11 is 0. The van der Waals surface area contributed by atoms with E-state index in [9.17, 15) is 4.79 Å². The Bertz CT molecular complexity index is 793. The lowest BCUT2D eigenvalue weighted by Crippen LogP contribution is -2.39. The van der Waals surface area contributed by atoms with Crippen molar-refractivity contribution < 1.29 is 4.79 Å². The van der Waals surface area contributed by atoms with Crippen LogP contribution in [0.25, 0.3) is 0 Å². The minimum Gasteiger partial charge on any atom is -0.338 e. The fourth-order valence-corrected chi connectivity index (χ4v) is 4.16. The maximum atomic E-state index is 12.8. The van der Waals surface area contributed by atoms with Gasteiger partial charge >= 0.3 is 0 Å². The molecule has 0 bridgehead atoms. The van der Waals surface area contributed by atoms with Gasteiger partial charge in [0, 0.05) is 37.9 Å². The van der Waals surface area contributed by atoms with Crippen molar-refractivity contribution in [3.05, 3.63) is 41.2 Å². The van der Waals surface area contributed by atoms with Gasteiger partial charge in [0.15, 0.2) is 0 Å². The van der Waals surface area contributed by atoms with E-state index in [0.29, 0.717) is 12.1 Å². The second-order valence-electron chi connectivity index (χ2n) is 7.80. The Morgan fingerprint density at radius 1 is 1.15 bits per heavy atom. The molecule has 2 aromatic heterocycles. The Morgan fingerprint density at radius 3 is 2.70 bits per heavy atom. The molecule has 4 heterocycles. The van der Waals surface area contributed by atoms with E-state index in [2.05, 4.69) is 31.7 Å². The first-order chi connectivity index (χ1) is 13.1. The minimum atomic E-state index is 0.0617. The first-order valence-electron chi connectivity index (χ1n) is 9.94. The number of piperidine rings is 1. The van der Waals surface area contributed by atoms with Crippen molar-refractivity contribution in [2.45, 2.75) is 45.1 Å². The summed E-state index contributed by atoms with van der Waals surface area (Å²) in [4.78, 5) is 21.5. The van der Waals surface area contributed by atoms with Crippen LogP contribution in [0, 0.1) is 6.92 Å². The second-order valence-corrected chi connectivity index (χ2v) is 7.80. The Hall–Kier alpha value is -2.28. The average Bonchev–Trinajstić information content (AvgIpc) is 3.33. The molecule has 0 N–H and O–H groups in total. The molecule has 0 spiro atoms. The summed E-state index contributed by atoms with van der Waals surface area (Å²) in [5, 5.41) is 8.95. The molecular formula is C20H28N6O. The fourth-order valence-electron chi connectivity index (χ4n) is 4.16. The molecule has 2 saturated heterocycles. The van der Waals surface area contributed by atoms with Gasteiger partial charge in [0.25, 0.3) is 5.91 Å². The molecule has 0 saturated carbocycles. The molecule has 0 aromatic carbocycles. The highest BCUT2D eigenvalue weighted by molar-refractivity contribution is 5.94. The fraction of sp³-hybridized carbons (Fsp3) is 0.600. The van der Waals surface area contributed by atoms with Gasteiger partial charge in [0.2, 0.25) is 0 Å². The number of carbonyl (C=O) groups excluding carboxylic acids is 1. The largest absolute Gasteiger partial charge is 0.338 e. The monoisotopic (exact) mass is 368 g/mol. The quantitative estimate of drug-likeness (QED) is 0.827. The predicted octanol–water partition coefficient (Wildman–Crippen LogP) is 2.13. The summed E-state index contributed by atoms with van der Waals surface area (Å²) in [5.74, 6) is 2.33. The molecule has 0 aliphatic carbocycles. The maximum Gasteiger partial charge on any atom is 0.255 e. The summed E-state index contributed by atoms with van der Waals surface area (Å²) in [5.41, 5.74) is 1.58. The van der Waals surface area contributed by atoms with Crippen molar-refractivity contribution >= 4 is 5.91 Å². The van der Waals surface area contributed by atoms with E-state index in [4.69, 9.17) is 0 Å². The third-order valence-corrected chi connectivity index (χ3v) is 5.79. The summed E-state index contributed by atoms with van der Waals surface area (Å²) in [7, 11) is 2.06. The summed E-state index contributed by atoms with van der Waals surface area (Å²) in [6, 6.07) is 3.76. The lowest BCUT2D eigenvalue weighted by atomic mass is 9.96. The van der Waals surface area contributed by atoms with Crippen LogP contribution in [-0.2, 0) is 13.6 Å². The molecule has 7 heteroatoms. The number of hydrogen-bond acceptors (Lipinski definition) is 5. The maximum absolute atomic E-state index is 12.8. The number of amides is 1. The minimum absolute atomic E-state index is 0.0617. The lowest BCUT2D eigenvalue weighted by Gasteiger charge is -2.32. The molecule has 1 amide bonds. The zero-order chi connectivity index (χ0) is 18.8. The highest BCUT2D eigenvalue weighted by Crippen LogP contribution is 2.27. The summed E-state index contributed by atoms with van der Waals surface area (Å²) < 4.78 is 2.14. The van der Waals surface area contributed by atoms with E-state index in [1.54, 1.807) is 6.20 Å². The van der Waals surface area contributed by atoms with Gasteiger partial charge in [-0.05, 0) is 57.8 Å². The summed E-state index contributed by atoms with van der Waals surface area (Å²) in [6.45, 7) is 6.59. The predicted molar refractivity (Wildman–Crippen MR) is 102 cm³/mol. The molecule has 27 heavy (non-hydrogen) atoms. The Kier molecular flexibility index (Phi) is 5.20. The second kappa shape index (κ2) is 7.76. The smallest absolute Gasteiger partial charge is 0.255 e. The van der Waals surface area contributed by atoms with Gasteiger partial charge in [0.1, 0.15) is 11.6 Å². The van der Waals surface area contributed by atoms with Gasteiger partial charge in [-0.3, -0.25) is 14.7 Å². The van der Waals surface area contributed by atoms with Crippen LogP contribution in [0.3, 0.4) is 0 Å². The van der Waals surface area contributed by atoms with Crippen molar-refractivity contribution in [3.8, 4) is 0 Å². The van der Waals surface area contributed by atoms with Crippen molar-refractivity contribution in [2.75, 3.05) is 26.2 Å². The molecule has 2 aliphatic rings. The molecule has 2 fully saturated rings.